The summed E-state index contributed by atoms with van der Waals surface area (Å²) in [4.78, 5) is 28.6. The first-order valence-electron chi connectivity index (χ1n) is 9.71. The quantitative estimate of drug-likeness (QED) is 0.704. The molecule has 0 aliphatic carbocycles. The summed E-state index contributed by atoms with van der Waals surface area (Å²) < 4.78 is 5.48. The summed E-state index contributed by atoms with van der Waals surface area (Å²) in [5.41, 5.74) is 4.06. The molecule has 1 aliphatic heterocycles. The smallest absolute Gasteiger partial charge is 0.265 e. The molecule has 3 aromatic rings. The van der Waals surface area contributed by atoms with Crippen LogP contribution in [-0.4, -0.2) is 32.5 Å². The Balaban J connectivity index is 1.44. The van der Waals surface area contributed by atoms with E-state index in [-0.39, 0.29) is 18.4 Å². The van der Waals surface area contributed by atoms with Crippen LogP contribution in [0.4, 0.5) is 17.1 Å². The third-order valence-corrected chi connectivity index (χ3v) is 5.01. The van der Waals surface area contributed by atoms with Gasteiger partial charge < -0.3 is 19.9 Å². The number of carbonyl (C=O) groups is 2. The van der Waals surface area contributed by atoms with Crippen molar-refractivity contribution in [2.24, 2.45) is 0 Å². The van der Waals surface area contributed by atoms with Crippen molar-refractivity contribution >= 4 is 28.9 Å². The molecule has 0 spiro atoms. The minimum atomic E-state index is -0.174. The van der Waals surface area contributed by atoms with E-state index in [1.54, 1.807) is 17.0 Å². The molecule has 0 unspecified atom stereocenters. The van der Waals surface area contributed by atoms with Gasteiger partial charge in [0.1, 0.15) is 5.75 Å². The molecule has 30 heavy (non-hydrogen) atoms. The van der Waals surface area contributed by atoms with E-state index >= 15 is 0 Å². The average molecular weight is 401 g/mol. The van der Waals surface area contributed by atoms with Crippen LogP contribution >= 0.6 is 0 Å². The average Bonchev–Trinajstić information content (AvgIpc) is 2.76. The van der Waals surface area contributed by atoms with Crippen molar-refractivity contribution in [3.05, 3.63) is 83.9 Å². The highest BCUT2D eigenvalue weighted by Crippen LogP contribution is 2.32. The van der Waals surface area contributed by atoms with Crippen LogP contribution in [0, 0.1) is 0 Å². The lowest BCUT2D eigenvalue weighted by molar-refractivity contribution is -0.121. The van der Waals surface area contributed by atoms with E-state index in [9.17, 15) is 9.59 Å². The molecule has 6 nitrogen and oxygen atoms in total. The minimum Gasteiger partial charge on any atom is -0.482 e. The summed E-state index contributed by atoms with van der Waals surface area (Å²) in [5.74, 6) is 0.442. The van der Waals surface area contributed by atoms with E-state index in [1.807, 2.05) is 79.7 Å². The predicted octanol–water partition coefficient (Wildman–Crippen LogP) is 3.93. The summed E-state index contributed by atoms with van der Waals surface area (Å²) in [6, 6.07) is 22.4. The topological polar surface area (TPSA) is 61.9 Å². The number of hydrogen-bond acceptors (Lipinski definition) is 4. The van der Waals surface area contributed by atoms with Crippen LogP contribution < -0.4 is 19.9 Å². The molecule has 0 saturated heterocycles. The van der Waals surface area contributed by atoms with Crippen molar-refractivity contribution in [1.29, 1.82) is 0 Å². The van der Waals surface area contributed by atoms with Gasteiger partial charge in [-0.25, -0.2) is 0 Å². The van der Waals surface area contributed by atoms with Crippen LogP contribution in [0.3, 0.4) is 0 Å². The molecule has 0 radical (unpaired) electrons. The van der Waals surface area contributed by atoms with Gasteiger partial charge in [-0.05, 0) is 54.1 Å². The second kappa shape index (κ2) is 8.29. The fourth-order valence-electron chi connectivity index (χ4n) is 3.32. The van der Waals surface area contributed by atoms with Gasteiger partial charge in [-0.1, -0.05) is 24.3 Å². The normalized spacial score (nSPS) is 12.7. The van der Waals surface area contributed by atoms with Crippen LogP contribution in [0.5, 0.6) is 5.75 Å². The first kappa shape index (κ1) is 19.5. The van der Waals surface area contributed by atoms with Crippen molar-refractivity contribution in [2.75, 3.05) is 35.8 Å². The van der Waals surface area contributed by atoms with E-state index in [1.165, 1.54) is 0 Å². The van der Waals surface area contributed by atoms with Gasteiger partial charge in [0.05, 0.1) is 12.2 Å². The van der Waals surface area contributed by atoms with Crippen LogP contribution in [0.15, 0.2) is 72.8 Å². The zero-order chi connectivity index (χ0) is 21.1. The molecule has 1 N–H and O–H groups in total. The lowest BCUT2D eigenvalue weighted by Crippen LogP contribution is -2.38. The molecule has 2 amide bonds. The SMILES string of the molecule is CN(C)c1ccc(NC(=O)c2ccc(CN3C(=O)COc4ccccc43)cc2)cc1. The summed E-state index contributed by atoms with van der Waals surface area (Å²) >= 11 is 0. The van der Waals surface area contributed by atoms with E-state index in [2.05, 4.69) is 5.32 Å². The van der Waals surface area contributed by atoms with E-state index < -0.39 is 0 Å². The summed E-state index contributed by atoms with van der Waals surface area (Å²) in [6.07, 6.45) is 0. The fourth-order valence-corrected chi connectivity index (χ4v) is 3.32. The zero-order valence-electron chi connectivity index (χ0n) is 17.0. The van der Waals surface area contributed by atoms with Gasteiger partial charge in [0, 0.05) is 31.0 Å². The largest absolute Gasteiger partial charge is 0.482 e. The number of ether oxygens (including phenoxy) is 1. The van der Waals surface area contributed by atoms with Crippen LogP contribution in [0.1, 0.15) is 15.9 Å². The van der Waals surface area contributed by atoms with Crippen molar-refractivity contribution in [3.8, 4) is 5.75 Å². The molecule has 6 heteroatoms. The maximum absolute atomic E-state index is 12.5. The molecule has 0 atom stereocenters. The second-order valence-electron chi connectivity index (χ2n) is 7.33. The molecule has 1 aliphatic rings. The molecule has 1 heterocycles. The number of rotatable bonds is 5. The number of fused-ring (bicyclic) bond motifs is 1. The lowest BCUT2D eigenvalue weighted by Gasteiger charge is -2.29. The number of benzene rings is 3. The Hall–Kier alpha value is -3.80. The number of carbonyl (C=O) groups excluding carboxylic acids is 2. The first-order chi connectivity index (χ1) is 14.5. The molecule has 3 aromatic carbocycles. The van der Waals surface area contributed by atoms with Crippen molar-refractivity contribution in [2.45, 2.75) is 6.54 Å². The lowest BCUT2D eigenvalue weighted by atomic mass is 10.1. The number of anilines is 3. The number of hydrogen-bond donors (Lipinski definition) is 1. The first-order valence-corrected chi connectivity index (χ1v) is 9.71. The molecular formula is C24H23N3O3. The van der Waals surface area contributed by atoms with Gasteiger partial charge in [0.2, 0.25) is 0 Å². The summed E-state index contributed by atoms with van der Waals surface area (Å²) in [7, 11) is 3.94. The van der Waals surface area contributed by atoms with Crippen molar-refractivity contribution < 1.29 is 14.3 Å². The Morgan fingerprint density at radius 1 is 1.00 bits per heavy atom. The monoisotopic (exact) mass is 401 g/mol. The van der Waals surface area contributed by atoms with Crippen molar-refractivity contribution in [1.82, 2.24) is 0 Å². The number of amides is 2. The number of para-hydroxylation sites is 2. The molecule has 0 bridgehead atoms. The van der Waals surface area contributed by atoms with Gasteiger partial charge in [-0.15, -0.1) is 0 Å². The predicted molar refractivity (Wildman–Crippen MR) is 118 cm³/mol. The Bertz CT molecular complexity index is 1060. The Kier molecular flexibility index (Phi) is 5.39. The fraction of sp³-hybridized carbons (Fsp3) is 0.167. The van der Waals surface area contributed by atoms with Crippen LogP contribution in [0.25, 0.3) is 0 Å². The maximum atomic E-state index is 12.5. The highest BCUT2D eigenvalue weighted by molar-refractivity contribution is 6.04. The highest BCUT2D eigenvalue weighted by atomic mass is 16.5. The van der Waals surface area contributed by atoms with E-state index in [0.29, 0.717) is 17.9 Å². The van der Waals surface area contributed by atoms with E-state index in [4.69, 9.17) is 4.74 Å². The number of nitrogens with one attached hydrogen (secondary N) is 1. The van der Waals surface area contributed by atoms with Gasteiger partial charge in [-0.3, -0.25) is 9.59 Å². The van der Waals surface area contributed by atoms with Gasteiger partial charge in [0.25, 0.3) is 11.8 Å². The number of nitrogens with zero attached hydrogens (tertiary/aromatic N) is 2. The molecule has 0 aromatic heterocycles. The van der Waals surface area contributed by atoms with Crippen LogP contribution in [-0.2, 0) is 11.3 Å². The standard InChI is InChI=1S/C24H23N3O3/c1-26(2)20-13-11-19(12-14-20)25-24(29)18-9-7-17(8-10-18)15-27-21-5-3-4-6-22(21)30-16-23(27)28/h3-14H,15-16H2,1-2H3,(H,25,29). The molecule has 152 valence electrons. The Labute approximate surface area is 175 Å². The summed E-state index contributed by atoms with van der Waals surface area (Å²) in [6.45, 7) is 0.456. The highest BCUT2D eigenvalue weighted by Gasteiger charge is 2.25. The molecule has 0 fully saturated rings. The Morgan fingerprint density at radius 3 is 2.40 bits per heavy atom. The Morgan fingerprint density at radius 2 is 1.70 bits per heavy atom. The molecule has 0 saturated carbocycles. The molecular weight excluding hydrogens is 378 g/mol. The zero-order valence-corrected chi connectivity index (χ0v) is 17.0. The summed E-state index contributed by atoms with van der Waals surface area (Å²) in [5, 5.41) is 2.91. The second-order valence-corrected chi connectivity index (χ2v) is 7.33. The van der Waals surface area contributed by atoms with Gasteiger partial charge >= 0.3 is 0 Å². The third kappa shape index (κ3) is 4.12. The van der Waals surface area contributed by atoms with E-state index in [0.717, 1.165) is 22.6 Å². The third-order valence-electron chi connectivity index (χ3n) is 5.01. The van der Waals surface area contributed by atoms with Gasteiger partial charge in [0.15, 0.2) is 6.61 Å². The van der Waals surface area contributed by atoms with Crippen LogP contribution in [0.2, 0.25) is 0 Å². The maximum Gasteiger partial charge on any atom is 0.265 e. The molecule has 4 rings (SSSR count). The van der Waals surface area contributed by atoms with Crippen molar-refractivity contribution in [3.63, 3.8) is 0 Å². The van der Waals surface area contributed by atoms with Gasteiger partial charge in [-0.2, -0.15) is 0 Å². The minimum absolute atomic E-state index is 0.0319.